The number of hydrogen-bond donors (Lipinski definition) is 2. The Morgan fingerprint density at radius 1 is 0.905 bits per heavy atom. The Labute approximate surface area is 122 Å². The standard InChI is InChI=1S/C16H12N4O/c17-9-12(10-18)16(21-15-4-2-1-3-5-15)11-6-13(19)8-14(20)7-11/h1-8H,19-20H2. The number of nitriles is 2. The molecule has 0 bridgehead atoms. The van der Waals surface area contributed by atoms with Crippen LogP contribution < -0.4 is 16.2 Å². The third-order valence-corrected chi connectivity index (χ3v) is 2.65. The van der Waals surface area contributed by atoms with Crippen molar-refractivity contribution >= 4 is 17.1 Å². The first-order valence-corrected chi connectivity index (χ1v) is 6.08. The number of allylic oxidation sites excluding steroid dienone is 1. The van der Waals surface area contributed by atoms with E-state index in [1.165, 1.54) is 0 Å². The van der Waals surface area contributed by atoms with Crippen LogP contribution in [-0.2, 0) is 0 Å². The van der Waals surface area contributed by atoms with E-state index in [0.717, 1.165) is 0 Å². The number of nitrogen functional groups attached to an aromatic ring is 2. The second-order valence-corrected chi connectivity index (χ2v) is 4.23. The zero-order chi connectivity index (χ0) is 15.2. The lowest BCUT2D eigenvalue weighted by Gasteiger charge is -2.11. The normalized spacial score (nSPS) is 9.24. The van der Waals surface area contributed by atoms with Crippen molar-refractivity contribution in [1.29, 1.82) is 10.5 Å². The van der Waals surface area contributed by atoms with Gasteiger partial charge in [0.1, 0.15) is 17.9 Å². The highest BCUT2D eigenvalue weighted by Gasteiger charge is 2.13. The Morgan fingerprint density at radius 2 is 1.48 bits per heavy atom. The van der Waals surface area contributed by atoms with Crippen molar-refractivity contribution in [2.75, 3.05) is 11.5 Å². The van der Waals surface area contributed by atoms with Crippen LogP contribution in [0.1, 0.15) is 5.56 Å². The van der Waals surface area contributed by atoms with Gasteiger partial charge in [0.05, 0.1) is 0 Å². The summed E-state index contributed by atoms with van der Waals surface area (Å²) in [4.78, 5) is 0. The van der Waals surface area contributed by atoms with E-state index in [1.54, 1.807) is 42.5 Å². The molecule has 0 aliphatic carbocycles. The minimum atomic E-state index is -0.149. The van der Waals surface area contributed by atoms with Crippen LogP contribution in [0.15, 0.2) is 54.1 Å². The number of rotatable bonds is 3. The average Bonchev–Trinajstić information content (AvgIpc) is 2.47. The summed E-state index contributed by atoms with van der Waals surface area (Å²) in [5.41, 5.74) is 12.7. The van der Waals surface area contributed by atoms with Crippen LogP contribution in [-0.4, -0.2) is 0 Å². The first-order valence-electron chi connectivity index (χ1n) is 6.08. The zero-order valence-electron chi connectivity index (χ0n) is 11.1. The molecule has 0 saturated heterocycles. The maximum absolute atomic E-state index is 9.10. The Hall–Kier alpha value is -3.44. The largest absolute Gasteiger partial charge is 0.455 e. The van der Waals surface area contributed by atoms with Gasteiger partial charge in [0.25, 0.3) is 0 Å². The van der Waals surface area contributed by atoms with Gasteiger partial charge in [-0.1, -0.05) is 18.2 Å². The molecule has 0 aromatic heterocycles. The highest BCUT2D eigenvalue weighted by atomic mass is 16.5. The molecule has 0 aliphatic heterocycles. The van der Waals surface area contributed by atoms with Crippen LogP contribution in [0.2, 0.25) is 0 Å². The molecular weight excluding hydrogens is 264 g/mol. The summed E-state index contributed by atoms with van der Waals surface area (Å²) in [6.07, 6.45) is 0. The van der Waals surface area contributed by atoms with Crippen LogP contribution in [0.4, 0.5) is 11.4 Å². The Bertz CT molecular complexity index is 731. The van der Waals surface area contributed by atoms with Crippen molar-refractivity contribution in [3.8, 4) is 17.9 Å². The van der Waals surface area contributed by atoms with E-state index in [4.69, 9.17) is 26.7 Å². The molecule has 0 fully saturated rings. The molecule has 0 aliphatic rings. The summed E-state index contributed by atoms with van der Waals surface area (Å²) in [5, 5.41) is 18.2. The third kappa shape index (κ3) is 3.31. The summed E-state index contributed by atoms with van der Waals surface area (Å²) in [7, 11) is 0. The SMILES string of the molecule is N#CC(C#N)=C(Oc1ccccc1)c1cc(N)cc(N)c1. The molecule has 0 radical (unpaired) electrons. The van der Waals surface area contributed by atoms with Gasteiger partial charge in [-0.2, -0.15) is 10.5 Å². The van der Waals surface area contributed by atoms with E-state index in [-0.39, 0.29) is 11.3 Å². The molecule has 0 heterocycles. The molecule has 5 nitrogen and oxygen atoms in total. The highest BCUT2D eigenvalue weighted by Crippen LogP contribution is 2.26. The second kappa shape index (κ2) is 6.14. The van der Waals surface area contributed by atoms with Crippen LogP contribution >= 0.6 is 0 Å². The Kier molecular flexibility index (Phi) is 4.09. The van der Waals surface area contributed by atoms with Crippen molar-refractivity contribution in [2.24, 2.45) is 0 Å². The van der Waals surface area contributed by atoms with Crippen LogP contribution in [0.25, 0.3) is 5.76 Å². The van der Waals surface area contributed by atoms with Gasteiger partial charge in [0.15, 0.2) is 11.3 Å². The van der Waals surface area contributed by atoms with E-state index in [9.17, 15) is 0 Å². The van der Waals surface area contributed by atoms with Gasteiger partial charge in [0.2, 0.25) is 0 Å². The Morgan fingerprint density at radius 3 is 2.00 bits per heavy atom. The molecule has 21 heavy (non-hydrogen) atoms. The average molecular weight is 276 g/mol. The number of hydrogen-bond acceptors (Lipinski definition) is 5. The molecule has 0 saturated carbocycles. The van der Waals surface area contributed by atoms with E-state index >= 15 is 0 Å². The van der Waals surface area contributed by atoms with Crippen molar-refractivity contribution in [1.82, 2.24) is 0 Å². The molecule has 0 atom stereocenters. The van der Waals surface area contributed by atoms with Crippen LogP contribution in [0, 0.1) is 22.7 Å². The van der Waals surface area contributed by atoms with Crippen LogP contribution in [0.5, 0.6) is 5.75 Å². The monoisotopic (exact) mass is 276 g/mol. The molecule has 0 unspecified atom stereocenters. The smallest absolute Gasteiger partial charge is 0.172 e. The van der Waals surface area contributed by atoms with Gasteiger partial charge in [-0.05, 0) is 30.3 Å². The predicted molar refractivity (Wildman–Crippen MR) is 80.5 cm³/mol. The molecule has 2 aromatic rings. The fourth-order valence-electron chi connectivity index (χ4n) is 1.79. The minimum absolute atomic E-state index is 0.130. The summed E-state index contributed by atoms with van der Waals surface area (Å²) < 4.78 is 5.68. The number of para-hydroxylation sites is 1. The summed E-state index contributed by atoms with van der Waals surface area (Å²) >= 11 is 0. The van der Waals surface area contributed by atoms with E-state index in [0.29, 0.717) is 22.7 Å². The van der Waals surface area contributed by atoms with Gasteiger partial charge in [0, 0.05) is 16.9 Å². The van der Waals surface area contributed by atoms with Gasteiger partial charge in [-0.15, -0.1) is 0 Å². The lowest BCUT2D eigenvalue weighted by molar-refractivity contribution is 0.513. The number of nitrogens with zero attached hydrogens (tertiary/aromatic N) is 2. The predicted octanol–water partition coefficient (Wildman–Crippen LogP) is 2.69. The molecule has 5 heteroatoms. The number of anilines is 2. The molecule has 2 rings (SSSR count). The lowest BCUT2D eigenvalue weighted by Crippen LogP contribution is -2.01. The maximum Gasteiger partial charge on any atom is 0.172 e. The van der Waals surface area contributed by atoms with Crippen molar-refractivity contribution < 1.29 is 4.74 Å². The fraction of sp³-hybridized carbons (Fsp3) is 0. The second-order valence-electron chi connectivity index (χ2n) is 4.23. The first-order chi connectivity index (χ1) is 10.1. The van der Waals surface area contributed by atoms with Gasteiger partial charge < -0.3 is 16.2 Å². The first kappa shape index (κ1) is 14.0. The van der Waals surface area contributed by atoms with Crippen molar-refractivity contribution in [3.63, 3.8) is 0 Å². The van der Waals surface area contributed by atoms with Gasteiger partial charge in [-0.25, -0.2) is 0 Å². The molecule has 0 amide bonds. The highest BCUT2D eigenvalue weighted by molar-refractivity contribution is 5.76. The van der Waals surface area contributed by atoms with E-state index in [2.05, 4.69) is 0 Å². The molecule has 0 spiro atoms. The number of benzene rings is 2. The Balaban J connectivity index is 2.55. The molecule has 2 aromatic carbocycles. The summed E-state index contributed by atoms with van der Waals surface area (Å²) in [5.74, 6) is 0.640. The van der Waals surface area contributed by atoms with Crippen LogP contribution in [0.3, 0.4) is 0 Å². The van der Waals surface area contributed by atoms with Crippen molar-refractivity contribution in [3.05, 3.63) is 59.7 Å². The molecular formula is C16H12N4O. The summed E-state index contributed by atoms with van der Waals surface area (Å²) in [6, 6.07) is 17.3. The summed E-state index contributed by atoms with van der Waals surface area (Å²) in [6.45, 7) is 0. The molecule has 102 valence electrons. The lowest BCUT2D eigenvalue weighted by atomic mass is 10.1. The quantitative estimate of drug-likeness (QED) is 0.509. The van der Waals surface area contributed by atoms with Crippen molar-refractivity contribution in [2.45, 2.75) is 0 Å². The number of nitrogens with two attached hydrogens (primary N) is 2. The van der Waals surface area contributed by atoms with Gasteiger partial charge >= 0.3 is 0 Å². The third-order valence-electron chi connectivity index (χ3n) is 2.65. The fourth-order valence-corrected chi connectivity index (χ4v) is 1.79. The van der Waals surface area contributed by atoms with Gasteiger partial charge in [-0.3, -0.25) is 0 Å². The topological polar surface area (TPSA) is 109 Å². The number of ether oxygens (including phenoxy) is 1. The maximum atomic E-state index is 9.10. The van der Waals surface area contributed by atoms with E-state index < -0.39 is 0 Å². The van der Waals surface area contributed by atoms with E-state index in [1.807, 2.05) is 18.2 Å². The molecule has 4 N–H and O–H groups in total. The zero-order valence-corrected chi connectivity index (χ0v) is 11.1. The minimum Gasteiger partial charge on any atom is -0.455 e.